The third kappa shape index (κ3) is 3.58. The second-order valence-electron chi connectivity index (χ2n) is 4.95. The van der Waals surface area contributed by atoms with Gasteiger partial charge in [0.2, 0.25) is 5.91 Å². The minimum Gasteiger partial charge on any atom is -0.400 e. The highest BCUT2D eigenvalue weighted by atomic mass is 16.6. The minimum absolute atomic E-state index is 0.104. The van der Waals surface area contributed by atoms with Crippen molar-refractivity contribution in [1.82, 2.24) is 15.6 Å². The van der Waals surface area contributed by atoms with E-state index in [0.29, 0.717) is 16.5 Å². The van der Waals surface area contributed by atoms with Crippen LogP contribution >= 0.6 is 0 Å². The molecule has 3 aromatic rings. The predicted molar refractivity (Wildman–Crippen MR) is 87.2 cm³/mol. The Kier molecular flexibility index (Phi) is 4.33. The number of carbonyl (C=O) groups is 1. The summed E-state index contributed by atoms with van der Waals surface area (Å²) >= 11 is 0. The summed E-state index contributed by atoms with van der Waals surface area (Å²) < 4.78 is 4.86. The van der Waals surface area contributed by atoms with Crippen molar-refractivity contribution in [3.8, 4) is 0 Å². The molecule has 10 nitrogen and oxygen atoms in total. The van der Waals surface area contributed by atoms with Crippen molar-refractivity contribution in [2.24, 2.45) is 5.10 Å². The molecule has 0 aliphatic rings. The van der Waals surface area contributed by atoms with Gasteiger partial charge in [-0.25, -0.2) is 10.5 Å². The molecule has 25 heavy (non-hydrogen) atoms. The van der Waals surface area contributed by atoms with Gasteiger partial charge in [0, 0.05) is 5.39 Å². The number of hydrazone groups is 1. The van der Waals surface area contributed by atoms with Crippen LogP contribution in [-0.2, 0) is 11.2 Å². The molecule has 3 rings (SSSR count). The fourth-order valence-corrected chi connectivity index (χ4v) is 2.18. The number of carbonyl (C=O) groups excluding carboxylic acids is 1. The molecule has 0 bridgehead atoms. The van der Waals surface area contributed by atoms with Crippen molar-refractivity contribution in [2.75, 3.05) is 0 Å². The van der Waals surface area contributed by atoms with Crippen LogP contribution in [0.5, 0.6) is 0 Å². The summed E-state index contributed by atoms with van der Waals surface area (Å²) in [5.74, 6) is -0.765. The second kappa shape index (κ2) is 6.74. The maximum Gasteiger partial charge on any atom is 0.433 e. The Hall–Kier alpha value is -3.82. The molecule has 0 atom stereocenters. The number of H-pyrrole nitrogens is 1. The zero-order chi connectivity index (χ0) is 17.8. The molecule has 126 valence electrons. The van der Waals surface area contributed by atoms with Gasteiger partial charge in [-0.2, -0.15) is 10.2 Å². The van der Waals surface area contributed by atoms with Gasteiger partial charge in [0.15, 0.2) is 5.76 Å². The summed E-state index contributed by atoms with van der Waals surface area (Å²) in [4.78, 5) is 33.5. The Morgan fingerprint density at radius 2 is 2.08 bits per heavy atom. The highest BCUT2D eigenvalue weighted by Gasteiger charge is 2.11. The fraction of sp³-hybridized carbons (Fsp3) is 0.0667. The summed E-state index contributed by atoms with van der Waals surface area (Å²) in [6.07, 6.45) is 1.04. The first-order valence-corrected chi connectivity index (χ1v) is 7.07. The van der Waals surface area contributed by atoms with Crippen LogP contribution in [0, 0.1) is 10.1 Å². The van der Waals surface area contributed by atoms with E-state index >= 15 is 0 Å². The van der Waals surface area contributed by atoms with Gasteiger partial charge in [-0.3, -0.25) is 19.7 Å². The zero-order valence-corrected chi connectivity index (χ0v) is 12.6. The van der Waals surface area contributed by atoms with Crippen molar-refractivity contribution in [3.63, 3.8) is 0 Å². The van der Waals surface area contributed by atoms with E-state index < -0.39 is 16.7 Å². The third-order valence-electron chi connectivity index (χ3n) is 3.28. The number of nitro groups is 1. The van der Waals surface area contributed by atoms with Crippen LogP contribution in [0.4, 0.5) is 5.88 Å². The van der Waals surface area contributed by atoms with Crippen LogP contribution in [0.1, 0.15) is 11.5 Å². The Morgan fingerprint density at radius 3 is 2.80 bits per heavy atom. The van der Waals surface area contributed by atoms with Crippen molar-refractivity contribution >= 4 is 28.8 Å². The van der Waals surface area contributed by atoms with Gasteiger partial charge >= 0.3 is 5.88 Å². The topological polar surface area (TPSA) is 143 Å². The Bertz CT molecular complexity index is 1040. The lowest BCUT2D eigenvalue weighted by Crippen LogP contribution is -2.22. The average molecular weight is 341 g/mol. The monoisotopic (exact) mass is 341 g/mol. The van der Waals surface area contributed by atoms with Crippen LogP contribution in [0.15, 0.2) is 50.7 Å². The quantitative estimate of drug-likeness (QED) is 0.404. The smallest absolute Gasteiger partial charge is 0.400 e. The van der Waals surface area contributed by atoms with Gasteiger partial charge in [0.25, 0.3) is 5.56 Å². The van der Waals surface area contributed by atoms with Gasteiger partial charge in [-0.15, -0.1) is 0 Å². The normalized spacial score (nSPS) is 11.0. The molecule has 0 spiro atoms. The summed E-state index contributed by atoms with van der Waals surface area (Å²) in [6, 6.07) is 9.33. The molecule has 0 radical (unpaired) electrons. The first-order valence-electron chi connectivity index (χ1n) is 7.07. The number of hydrogen-bond acceptors (Lipinski definition) is 7. The maximum atomic E-state index is 11.9. The average Bonchev–Trinajstić information content (AvgIpc) is 3.07. The molecule has 0 aliphatic carbocycles. The molecule has 0 fully saturated rings. The molecule has 2 heterocycles. The number of benzene rings is 1. The van der Waals surface area contributed by atoms with Crippen LogP contribution in [0.25, 0.3) is 10.8 Å². The van der Waals surface area contributed by atoms with Gasteiger partial charge < -0.3 is 4.42 Å². The van der Waals surface area contributed by atoms with Gasteiger partial charge in [-0.05, 0) is 12.1 Å². The van der Waals surface area contributed by atoms with E-state index in [-0.39, 0.29) is 17.7 Å². The maximum absolute atomic E-state index is 11.9. The van der Waals surface area contributed by atoms with Crippen molar-refractivity contribution in [2.45, 2.75) is 6.42 Å². The van der Waals surface area contributed by atoms with E-state index in [0.717, 1.165) is 6.21 Å². The Balaban J connectivity index is 1.69. The molecule has 1 aromatic carbocycles. The molecule has 2 N–H and O–H groups in total. The number of aromatic amines is 1. The second-order valence-corrected chi connectivity index (χ2v) is 4.95. The van der Waals surface area contributed by atoms with Crippen molar-refractivity contribution < 1.29 is 14.1 Å². The molecule has 10 heteroatoms. The van der Waals surface area contributed by atoms with Gasteiger partial charge in [-0.1, -0.05) is 18.2 Å². The van der Waals surface area contributed by atoms with Crippen LogP contribution in [-0.4, -0.2) is 27.2 Å². The molecule has 0 saturated carbocycles. The Labute approximate surface area is 139 Å². The number of nitrogens with one attached hydrogen (secondary N) is 2. The molecule has 1 amide bonds. The lowest BCUT2D eigenvalue weighted by Gasteiger charge is -2.03. The third-order valence-corrected chi connectivity index (χ3v) is 3.28. The molecule has 0 unspecified atom stereocenters. The van der Waals surface area contributed by atoms with Gasteiger partial charge in [0.1, 0.15) is 4.92 Å². The fourth-order valence-electron chi connectivity index (χ4n) is 2.18. The van der Waals surface area contributed by atoms with E-state index in [4.69, 9.17) is 4.42 Å². The van der Waals surface area contributed by atoms with Gasteiger partial charge in [0.05, 0.1) is 29.8 Å². The van der Waals surface area contributed by atoms with Crippen LogP contribution < -0.4 is 11.0 Å². The number of hydrogen-bond donors (Lipinski definition) is 2. The largest absolute Gasteiger partial charge is 0.433 e. The highest BCUT2D eigenvalue weighted by molar-refractivity contribution is 5.88. The van der Waals surface area contributed by atoms with E-state index in [1.54, 1.807) is 24.3 Å². The standard InChI is InChI=1S/C15H11N5O5/c21-13(18-16-8-9-5-6-14(25-9)20(23)24)7-12-10-3-1-2-4-11(10)15(22)19-17-12/h1-6,8H,7H2,(H,18,21)(H,19,22)/b16-8+. The first kappa shape index (κ1) is 16.1. The number of amides is 1. The summed E-state index contributed by atoms with van der Waals surface area (Å²) in [5.41, 5.74) is 2.33. The van der Waals surface area contributed by atoms with E-state index in [1.807, 2.05) is 0 Å². The summed E-state index contributed by atoms with van der Waals surface area (Å²) in [6.45, 7) is 0. The minimum atomic E-state index is -0.678. The van der Waals surface area contributed by atoms with E-state index in [9.17, 15) is 19.7 Å². The molecular weight excluding hydrogens is 330 g/mol. The SMILES string of the molecule is O=C(Cc1n[nH]c(=O)c2ccccc12)N/N=C/c1ccc([N+](=O)[O-])o1. The van der Waals surface area contributed by atoms with E-state index in [1.165, 1.54) is 12.1 Å². The number of fused-ring (bicyclic) bond motifs is 1. The number of furan rings is 1. The highest BCUT2D eigenvalue weighted by Crippen LogP contribution is 2.14. The van der Waals surface area contributed by atoms with Crippen molar-refractivity contribution in [3.05, 3.63) is 68.3 Å². The van der Waals surface area contributed by atoms with E-state index in [2.05, 4.69) is 20.7 Å². The number of rotatable bonds is 5. The number of nitrogens with zero attached hydrogens (tertiary/aromatic N) is 3. The zero-order valence-electron chi connectivity index (χ0n) is 12.6. The van der Waals surface area contributed by atoms with Crippen LogP contribution in [0.2, 0.25) is 0 Å². The summed E-state index contributed by atoms with van der Waals surface area (Å²) in [5, 5.41) is 21.4. The lowest BCUT2D eigenvalue weighted by atomic mass is 10.1. The Morgan fingerprint density at radius 1 is 1.32 bits per heavy atom. The van der Waals surface area contributed by atoms with Crippen LogP contribution in [0.3, 0.4) is 0 Å². The number of aromatic nitrogens is 2. The predicted octanol–water partition coefficient (Wildman–Crippen LogP) is 1.12. The van der Waals surface area contributed by atoms with Crippen molar-refractivity contribution in [1.29, 1.82) is 0 Å². The molecule has 2 aromatic heterocycles. The first-order chi connectivity index (χ1) is 12.0. The molecule has 0 aliphatic heterocycles. The summed E-state index contributed by atoms with van der Waals surface area (Å²) in [7, 11) is 0. The molecule has 0 saturated heterocycles. The lowest BCUT2D eigenvalue weighted by molar-refractivity contribution is -0.402. The molecular formula is C15H11N5O5.